The van der Waals surface area contributed by atoms with Crippen LogP contribution in [0.5, 0.6) is 0 Å². The third-order valence-corrected chi connectivity index (χ3v) is 2.85. The fraction of sp³-hybridized carbons (Fsp3) is 0.417. The smallest absolute Gasteiger partial charge is 0.191 e. The molecule has 0 saturated carbocycles. The van der Waals surface area contributed by atoms with Crippen LogP contribution in [-0.4, -0.2) is 38.5 Å². The second kappa shape index (κ2) is 7.27. The Morgan fingerprint density at radius 2 is 2.05 bits per heavy atom. The molecule has 0 radical (unpaired) electrons. The highest BCUT2D eigenvalue weighted by Gasteiger charge is 2.05. The van der Waals surface area contributed by atoms with E-state index in [1.165, 1.54) is 0 Å². The molecule has 2 aromatic heterocycles. The van der Waals surface area contributed by atoms with Crippen LogP contribution >= 0.6 is 24.0 Å². The van der Waals surface area contributed by atoms with E-state index in [4.69, 9.17) is 5.73 Å². The Labute approximate surface area is 129 Å². The van der Waals surface area contributed by atoms with E-state index < -0.39 is 0 Å². The topological polar surface area (TPSA) is 71.8 Å². The molecule has 0 saturated heterocycles. The second-order valence-corrected chi connectivity index (χ2v) is 3.89. The molecule has 2 N–H and O–H groups in total. The van der Waals surface area contributed by atoms with Gasteiger partial charge in [-0.3, -0.25) is 4.40 Å². The zero-order valence-electron chi connectivity index (χ0n) is 11.2. The van der Waals surface area contributed by atoms with Gasteiger partial charge in [0.2, 0.25) is 0 Å². The summed E-state index contributed by atoms with van der Waals surface area (Å²) in [7, 11) is 0. The summed E-state index contributed by atoms with van der Waals surface area (Å²) >= 11 is 0. The number of rotatable bonds is 4. The van der Waals surface area contributed by atoms with Crippen molar-refractivity contribution in [2.75, 3.05) is 13.1 Å². The lowest BCUT2D eigenvalue weighted by Crippen LogP contribution is -2.37. The van der Waals surface area contributed by atoms with Crippen LogP contribution in [0, 0.1) is 0 Å². The highest BCUT2D eigenvalue weighted by Crippen LogP contribution is 2.04. The maximum absolute atomic E-state index is 5.92. The van der Waals surface area contributed by atoms with E-state index in [9.17, 15) is 0 Å². The molecule has 0 aliphatic heterocycles. The van der Waals surface area contributed by atoms with Crippen LogP contribution in [0.1, 0.15) is 19.7 Å². The molecule has 0 spiro atoms. The number of pyridine rings is 1. The van der Waals surface area contributed by atoms with Gasteiger partial charge < -0.3 is 10.6 Å². The first-order chi connectivity index (χ1) is 8.76. The van der Waals surface area contributed by atoms with E-state index in [0.717, 1.165) is 24.6 Å². The largest absolute Gasteiger partial charge is 0.370 e. The first kappa shape index (κ1) is 15.7. The van der Waals surface area contributed by atoms with Gasteiger partial charge in [-0.25, -0.2) is 4.99 Å². The van der Waals surface area contributed by atoms with Gasteiger partial charge in [-0.2, -0.15) is 0 Å². The third kappa shape index (κ3) is 3.55. The van der Waals surface area contributed by atoms with Crippen LogP contribution in [0.4, 0.5) is 0 Å². The fourth-order valence-corrected chi connectivity index (χ4v) is 1.80. The van der Waals surface area contributed by atoms with Gasteiger partial charge in [-0.05, 0) is 26.0 Å². The predicted octanol–water partition coefficient (Wildman–Crippen LogP) is 1.50. The minimum atomic E-state index is 0. The minimum Gasteiger partial charge on any atom is -0.370 e. The van der Waals surface area contributed by atoms with Gasteiger partial charge in [0.25, 0.3) is 0 Å². The highest BCUT2D eigenvalue weighted by atomic mass is 127. The van der Waals surface area contributed by atoms with Crippen LogP contribution in [0.2, 0.25) is 0 Å². The van der Waals surface area contributed by atoms with Gasteiger partial charge in [0.15, 0.2) is 17.4 Å². The summed E-state index contributed by atoms with van der Waals surface area (Å²) in [5, 5.41) is 8.18. The monoisotopic (exact) mass is 374 g/mol. The molecule has 0 fully saturated rings. The van der Waals surface area contributed by atoms with Crippen molar-refractivity contribution in [3.05, 3.63) is 30.2 Å². The van der Waals surface area contributed by atoms with Gasteiger partial charge in [0, 0.05) is 19.3 Å². The predicted molar refractivity (Wildman–Crippen MR) is 86.6 cm³/mol. The van der Waals surface area contributed by atoms with E-state index in [-0.39, 0.29) is 24.0 Å². The molecule has 2 aromatic rings. The Kier molecular flexibility index (Phi) is 6.00. The average Bonchev–Trinajstić information content (AvgIpc) is 2.81. The molecular formula is C12H19IN6. The molecule has 0 unspecified atom stereocenters. The maximum Gasteiger partial charge on any atom is 0.191 e. The summed E-state index contributed by atoms with van der Waals surface area (Å²) in [6.07, 6.45) is 1.92. The van der Waals surface area contributed by atoms with Crippen molar-refractivity contribution in [2.45, 2.75) is 20.4 Å². The lowest BCUT2D eigenvalue weighted by atomic mass is 10.4. The van der Waals surface area contributed by atoms with E-state index in [1.54, 1.807) is 0 Å². The van der Waals surface area contributed by atoms with Crippen molar-refractivity contribution in [3.63, 3.8) is 0 Å². The molecule has 2 rings (SSSR count). The summed E-state index contributed by atoms with van der Waals surface area (Å²) in [4.78, 5) is 6.36. The van der Waals surface area contributed by atoms with Gasteiger partial charge in [0.05, 0.1) is 0 Å². The van der Waals surface area contributed by atoms with Crippen LogP contribution in [0.25, 0.3) is 5.65 Å². The van der Waals surface area contributed by atoms with Gasteiger partial charge in [0.1, 0.15) is 6.54 Å². The van der Waals surface area contributed by atoms with Crippen LogP contribution in [-0.2, 0) is 6.54 Å². The Bertz CT molecular complexity index is 546. The molecule has 0 atom stereocenters. The number of nitrogens with two attached hydrogens (primary N) is 1. The van der Waals surface area contributed by atoms with Crippen molar-refractivity contribution in [1.29, 1.82) is 0 Å². The molecule has 6 nitrogen and oxygen atoms in total. The number of aromatic nitrogens is 3. The summed E-state index contributed by atoms with van der Waals surface area (Å²) < 4.78 is 1.92. The molecule has 7 heteroatoms. The lowest BCUT2D eigenvalue weighted by molar-refractivity contribution is 0.457. The number of hydrogen-bond donors (Lipinski definition) is 1. The van der Waals surface area contributed by atoms with Crippen molar-refractivity contribution < 1.29 is 0 Å². The summed E-state index contributed by atoms with van der Waals surface area (Å²) in [6.45, 7) is 6.25. The Balaban J connectivity index is 0.00000180. The Hall–Kier alpha value is -1.38. The molecule has 19 heavy (non-hydrogen) atoms. The minimum absolute atomic E-state index is 0. The van der Waals surface area contributed by atoms with Crippen molar-refractivity contribution >= 4 is 35.6 Å². The first-order valence-corrected chi connectivity index (χ1v) is 6.09. The molecular weight excluding hydrogens is 355 g/mol. The van der Waals surface area contributed by atoms with Crippen molar-refractivity contribution in [3.8, 4) is 0 Å². The van der Waals surface area contributed by atoms with Crippen LogP contribution in [0.3, 0.4) is 0 Å². The quantitative estimate of drug-likeness (QED) is 0.500. The Morgan fingerprint density at radius 1 is 1.32 bits per heavy atom. The number of halogens is 1. The summed E-state index contributed by atoms with van der Waals surface area (Å²) in [6, 6.07) is 5.78. The Morgan fingerprint density at radius 3 is 2.74 bits per heavy atom. The number of aliphatic imine (C=N–C) groups is 1. The zero-order valence-corrected chi connectivity index (χ0v) is 13.5. The highest BCUT2D eigenvalue weighted by molar-refractivity contribution is 14.0. The number of guanidine groups is 1. The summed E-state index contributed by atoms with van der Waals surface area (Å²) in [5.41, 5.74) is 6.74. The van der Waals surface area contributed by atoms with Crippen molar-refractivity contribution in [1.82, 2.24) is 19.5 Å². The van der Waals surface area contributed by atoms with Crippen molar-refractivity contribution in [2.24, 2.45) is 10.7 Å². The SMILES string of the molecule is CCN(CC)C(N)=NCc1nnc2ccccn12.I. The number of nitrogens with zero attached hydrogens (tertiary/aromatic N) is 5. The maximum atomic E-state index is 5.92. The van der Waals surface area contributed by atoms with Crippen LogP contribution in [0.15, 0.2) is 29.4 Å². The van der Waals surface area contributed by atoms with Crippen LogP contribution < -0.4 is 5.73 Å². The average molecular weight is 374 g/mol. The fourth-order valence-electron chi connectivity index (χ4n) is 1.80. The number of fused-ring (bicyclic) bond motifs is 1. The van der Waals surface area contributed by atoms with Gasteiger partial charge in [-0.1, -0.05) is 6.07 Å². The van der Waals surface area contributed by atoms with E-state index >= 15 is 0 Å². The molecule has 0 amide bonds. The molecule has 104 valence electrons. The van der Waals surface area contributed by atoms with Gasteiger partial charge in [-0.15, -0.1) is 34.2 Å². The lowest BCUT2D eigenvalue weighted by Gasteiger charge is -2.19. The first-order valence-electron chi connectivity index (χ1n) is 6.09. The third-order valence-electron chi connectivity index (χ3n) is 2.85. The molecule has 0 aliphatic rings. The molecule has 0 bridgehead atoms. The zero-order chi connectivity index (χ0) is 13.0. The van der Waals surface area contributed by atoms with Gasteiger partial charge >= 0.3 is 0 Å². The second-order valence-electron chi connectivity index (χ2n) is 3.89. The van der Waals surface area contributed by atoms with E-state index in [0.29, 0.717) is 12.5 Å². The molecule has 0 aromatic carbocycles. The van der Waals surface area contributed by atoms with E-state index in [1.807, 2.05) is 33.7 Å². The van der Waals surface area contributed by atoms with E-state index in [2.05, 4.69) is 29.0 Å². The normalized spacial score (nSPS) is 11.4. The standard InChI is InChI=1S/C12H18N6.HI/c1-3-17(4-2)12(13)14-9-11-16-15-10-7-5-6-8-18(10)11;/h5-8H,3-4,9H2,1-2H3,(H2,13,14);1H. The summed E-state index contributed by atoms with van der Waals surface area (Å²) in [5.74, 6) is 1.34. The molecule has 2 heterocycles. The number of hydrogen-bond acceptors (Lipinski definition) is 3. The molecule has 0 aliphatic carbocycles.